The van der Waals surface area contributed by atoms with E-state index >= 15 is 0 Å². The molecule has 0 aromatic rings. The van der Waals surface area contributed by atoms with Gasteiger partial charge in [-0.3, -0.25) is 4.90 Å². The van der Waals surface area contributed by atoms with Crippen molar-refractivity contribution < 1.29 is 0 Å². The predicted molar refractivity (Wildman–Crippen MR) is 86.5 cm³/mol. The van der Waals surface area contributed by atoms with Crippen molar-refractivity contribution in [1.29, 1.82) is 0 Å². The van der Waals surface area contributed by atoms with E-state index in [4.69, 9.17) is 11.6 Å². The van der Waals surface area contributed by atoms with Gasteiger partial charge in [-0.25, -0.2) is 0 Å². The van der Waals surface area contributed by atoms with Gasteiger partial charge in [-0.2, -0.15) is 0 Å². The Morgan fingerprint density at radius 2 is 2.16 bits per heavy atom. The summed E-state index contributed by atoms with van der Waals surface area (Å²) < 4.78 is 0. The first-order chi connectivity index (χ1) is 8.83. The third-order valence-corrected chi connectivity index (χ3v) is 4.54. The minimum absolute atomic E-state index is 0.0924. The van der Waals surface area contributed by atoms with Crippen molar-refractivity contribution in [3.8, 4) is 0 Å². The van der Waals surface area contributed by atoms with Crippen LogP contribution in [0.1, 0.15) is 40.5 Å². The molecular weight excluding hydrogens is 254 g/mol. The summed E-state index contributed by atoms with van der Waals surface area (Å²) in [6, 6.07) is 1.22. The van der Waals surface area contributed by atoms with E-state index in [1.54, 1.807) is 0 Å². The van der Waals surface area contributed by atoms with Gasteiger partial charge < -0.3 is 0 Å². The molecule has 1 nitrogen and oxygen atoms in total. The van der Waals surface area contributed by atoms with Crippen LogP contribution in [-0.4, -0.2) is 23.5 Å². The zero-order valence-electron chi connectivity index (χ0n) is 12.8. The first-order valence-corrected chi connectivity index (χ1v) is 7.61. The van der Waals surface area contributed by atoms with Crippen LogP contribution in [0.2, 0.25) is 0 Å². The minimum atomic E-state index is 0.0924. The largest absolute Gasteiger partial charge is 0.297 e. The van der Waals surface area contributed by atoms with Crippen LogP contribution in [0.4, 0.5) is 0 Å². The molecule has 1 aliphatic rings. The van der Waals surface area contributed by atoms with Gasteiger partial charge in [0, 0.05) is 17.1 Å². The summed E-state index contributed by atoms with van der Waals surface area (Å²) in [6.07, 6.45) is 8.60. The number of nitrogens with zero attached hydrogens (tertiary/aromatic N) is 1. The van der Waals surface area contributed by atoms with E-state index in [0.29, 0.717) is 11.1 Å². The summed E-state index contributed by atoms with van der Waals surface area (Å²) in [5.41, 5.74) is 0.0924. The molecule has 1 aliphatic carbocycles. The van der Waals surface area contributed by atoms with Gasteiger partial charge >= 0.3 is 0 Å². The molecule has 19 heavy (non-hydrogen) atoms. The molecule has 1 fully saturated rings. The lowest BCUT2D eigenvalue weighted by Gasteiger charge is -2.38. The Labute approximate surface area is 124 Å². The lowest BCUT2D eigenvalue weighted by molar-refractivity contribution is 0.123. The maximum atomic E-state index is 5.84. The molecule has 0 radical (unpaired) electrons. The summed E-state index contributed by atoms with van der Waals surface area (Å²) in [7, 11) is 0. The highest BCUT2D eigenvalue weighted by molar-refractivity contribution is 6.30. The molecule has 0 aliphatic heterocycles. The molecule has 1 saturated carbocycles. The number of hydrogen-bond donors (Lipinski definition) is 0. The summed E-state index contributed by atoms with van der Waals surface area (Å²) in [5, 5.41) is 0.597. The van der Waals surface area contributed by atoms with Crippen LogP contribution >= 0.6 is 11.6 Å². The van der Waals surface area contributed by atoms with Crippen molar-refractivity contribution in [2.45, 2.75) is 52.6 Å². The number of hydrogen-bond acceptors (Lipinski definition) is 1. The van der Waals surface area contributed by atoms with E-state index in [0.717, 1.165) is 24.9 Å². The van der Waals surface area contributed by atoms with Crippen molar-refractivity contribution >= 4 is 11.6 Å². The highest BCUT2D eigenvalue weighted by Crippen LogP contribution is 2.42. The van der Waals surface area contributed by atoms with Crippen LogP contribution in [0.5, 0.6) is 0 Å². The zero-order valence-corrected chi connectivity index (χ0v) is 13.6. The Bertz CT molecular complexity index is 356. The standard InChI is InChI=1S/C17H28ClN/c1-7-9-15-12-16(15)19(8-2)14(4)17(5,6)11-10-13(3)18/h7,10-11,14-16H,1,3,8-9,12H2,2,4-6H3/b11-10-/t14-,15?,16?/m1/s1. The molecule has 0 aromatic carbocycles. The summed E-state index contributed by atoms with van der Waals surface area (Å²) in [4.78, 5) is 2.62. The molecule has 0 N–H and O–H groups in total. The topological polar surface area (TPSA) is 3.24 Å². The zero-order chi connectivity index (χ0) is 14.6. The van der Waals surface area contributed by atoms with Crippen molar-refractivity contribution in [1.82, 2.24) is 4.90 Å². The minimum Gasteiger partial charge on any atom is -0.297 e. The Kier molecular flexibility index (Phi) is 5.88. The molecule has 2 heteroatoms. The second kappa shape index (κ2) is 6.76. The highest BCUT2D eigenvalue weighted by Gasteiger charge is 2.44. The van der Waals surface area contributed by atoms with E-state index < -0.39 is 0 Å². The molecule has 3 atom stereocenters. The fourth-order valence-corrected chi connectivity index (χ4v) is 2.84. The average Bonchev–Trinajstić information content (AvgIpc) is 3.07. The smallest absolute Gasteiger partial charge is 0.0331 e. The van der Waals surface area contributed by atoms with E-state index in [1.165, 1.54) is 6.42 Å². The van der Waals surface area contributed by atoms with Crippen LogP contribution in [0.25, 0.3) is 0 Å². The lowest BCUT2D eigenvalue weighted by atomic mass is 9.83. The van der Waals surface area contributed by atoms with E-state index in [1.807, 2.05) is 12.2 Å². The van der Waals surface area contributed by atoms with E-state index in [-0.39, 0.29) is 5.41 Å². The van der Waals surface area contributed by atoms with Crippen molar-refractivity contribution in [3.05, 3.63) is 36.4 Å². The van der Waals surface area contributed by atoms with Gasteiger partial charge in [0.05, 0.1) is 0 Å². The Morgan fingerprint density at radius 3 is 2.63 bits per heavy atom. The van der Waals surface area contributed by atoms with Crippen molar-refractivity contribution in [3.63, 3.8) is 0 Å². The second-order valence-electron chi connectivity index (χ2n) is 6.20. The Balaban J connectivity index is 2.70. The molecule has 0 amide bonds. The third-order valence-electron chi connectivity index (χ3n) is 4.41. The maximum absolute atomic E-state index is 5.84. The predicted octanol–water partition coefficient (Wildman–Crippen LogP) is 5.00. The van der Waals surface area contributed by atoms with Gasteiger partial charge in [-0.15, -0.1) is 6.58 Å². The monoisotopic (exact) mass is 281 g/mol. The normalized spacial score (nSPS) is 24.7. The average molecular weight is 282 g/mol. The van der Waals surface area contributed by atoms with Crippen LogP contribution < -0.4 is 0 Å². The third kappa shape index (κ3) is 4.50. The molecule has 0 spiro atoms. The Hall–Kier alpha value is -0.530. The number of allylic oxidation sites excluding steroid dienone is 3. The van der Waals surface area contributed by atoms with Gasteiger partial charge in [0.15, 0.2) is 0 Å². The number of halogens is 1. The van der Waals surface area contributed by atoms with Gasteiger partial charge in [0.25, 0.3) is 0 Å². The maximum Gasteiger partial charge on any atom is 0.0331 e. The van der Waals surface area contributed by atoms with Gasteiger partial charge in [-0.05, 0) is 43.7 Å². The molecule has 1 rings (SSSR count). The molecule has 2 unspecified atom stereocenters. The van der Waals surface area contributed by atoms with Crippen LogP contribution in [-0.2, 0) is 0 Å². The van der Waals surface area contributed by atoms with E-state index in [2.05, 4.69) is 51.8 Å². The van der Waals surface area contributed by atoms with Gasteiger partial charge in [0.2, 0.25) is 0 Å². The van der Waals surface area contributed by atoms with Gasteiger partial charge in [0.1, 0.15) is 0 Å². The highest BCUT2D eigenvalue weighted by atomic mass is 35.5. The summed E-state index contributed by atoms with van der Waals surface area (Å²) >= 11 is 5.84. The summed E-state index contributed by atoms with van der Waals surface area (Å²) in [5.74, 6) is 0.808. The SMILES string of the molecule is C=CCC1CC1N(CC)[C@H](C)C(C)(C)/C=C\C(=C)Cl. The summed E-state index contributed by atoms with van der Waals surface area (Å²) in [6.45, 7) is 17.8. The Morgan fingerprint density at radius 1 is 1.53 bits per heavy atom. The molecule has 0 saturated heterocycles. The molecule has 0 bridgehead atoms. The molecule has 0 aromatic heterocycles. The van der Waals surface area contributed by atoms with Crippen LogP contribution in [0, 0.1) is 11.3 Å². The van der Waals surface area contributed by atoms with Crippen molar-refractivity contribution in [2.24, 2.45) is 11.3 Å². The fourth-order valence-electron chi connectivity index (χ4n) is 2.77. The van der Waals surface area contributed by atoms with Crippen molar-refractivity contribution in [2.75, 3.05) is 6.54 Å². The molecule has 108 valence electrons. The second-order valence-corrected chi connectivity index (χ2v) is 6.68. The first-order valence-electron chi connectivity index (χ1n) is 7.23. The van der Waals surface area contributed by atoms with Gasteiger partial charge in [-0.1, -0.05) is 51.1 Å². The molecule has 0 heterocycles. The van der Waals surface area contributed by atoms with E-state index in [9.17, 15) is 0 Å². The quantitative estimate of drug-likeness (QED) is 0.447. The molecular formula is C17H28ClN. The van der Waals surface area contributed by atoms with Crippen LogP contribution in [0.3, 0.4) is 0 Å². The van der Waals surface area contributed by atoms with Crippen LogP contribution in [0.15, 0.2) is 36.4 Å². The lowest BCUT2D eigenvalue weighted by Crippen LogP contribution is -2.44. The first kappa shape index (κ1) is 16.5. The fraction of sp³-hybridized carbons (Fsp3) is 0.647. The number of rotatable bonds is 8.